The van der Waals surface area contributed by atoms with Crippen LogP contribution in [0.25, 0.3) is 72.5 Å². The average molecular weight is 638 g/mol. The van der Waals surface area contributed by atoms with Crippen molar-refractivity contribution in [3.8, 4) is 50.7 Å². The Hall–Kier alpha value is -6.08. The van der Waals surface area contributed by atoms with Gasteiger partial charge in [0, 0.05) is 21.9 Å². The van der Waals surface area contributed by atoms with Crippen LogP contribution in [0.2, 0.25) is 0 Å². The van der Waals surface area contributed by atoms with Gasteiger partial charge in [0.25, 0.3) is 0 Å². The smallest absolute Gasteiger partial charge is 0.165 e. The summed E-state index contributed by atoms with van der Waals surface area (Å²) >= 11 is 0. The third-order valence-corrected chi connectivity index (χ3v) is 8.92. The Labute approximate surface area is 285 Å². The molecule has 49 heavy (non-hydrogen) atoms. The third kappa shape index (κ3) is 5.63. The quantitative estimate of drug-likeness (QED) is 0.187. The van der Waals surface area contributed by atoms with Gasteiger partial charge in [0.15, 0.2) is 11.6 Å². The summed E-state index contributed by atoms with van der Waals surface area (Å²) in [4.78, 5) is 27.9. The lowest BCUT2D eigenvalue weighted by Crippen LogP contribution is -2.04. The van der Waals surface area contributed by atoms with Crippen LogP contribution < -0.4 is 0 Å². The van der Waals surface area contributed by atoms with E-state index < -0.39 is 0 Å². The van der Waals surface area contributed by atoms with Crippen molar-refractivity contribution < 1.29 is 0 Å². The van der Waals surface area contributed by atoms with Crippen LogP contribution in [0.15, 0.2) is 103 Å². The molecule has 3 aromatic heterocycles. The van der Waals surface area contributed by atoms with Gasteiger partial charge >= 0.3 is 0 Å². The first-order chi connectivity index (χ1) is 23.7. The topological polar surface area (TPSA) is 82.3 Å². The van der Waals surface area contributed by atoms with Crippen LogP contribution in [0.5, 0.6) is 0 Å². The fraction of sp³-hybridized carbons (Fsp3) is 0.143. The van der Waals surface area contributed by atoms with Crippen LogP contribution in [-0.4, -0.2) is 34.5 Å². The normalized spacial score (nSPS) is 11.5. The highest BCUT2D eigenvalue weighted by Crippen LogP contribution is 2.40. The van der Waals surface area contributed by atoms with Crippen LogP contribution in [0, 0.1) is 41.5 Å². The van der Waals surface area contributed by atoms with Crippen molar-refractivity contribution in [3.63, 3.8) is 0 Å². The van der Waals surface area contributed by atoms with Crippen LogP contribution in [-0.2, 0) is 0 Å². The van der Waals surface area contributed by atoms with E-state index in [0.717, 1.165) is 27.8 Å². The van der Waals surface area contributed by atoms with Gasteiger partial charge < -0.3 is 4.57 Å². The van der Waals surface area contributed by atoms with Crippen molar-refractivity contribution in [1.29, 1.82) is 0 Å². The molecule has 0 N–H and O–H groups in total. The second-order valence-electron chi connectivity index (χ2n) is 12.8. The van der Waals surface area contributed by atoms with E-state index in [0.29, 0.717) is 34.9 Å². The molecule has 0 aliphatic heterocycles. The predicted molar refractivity (Wildman–Crippen MR) is 198 cm³/mol. The zero-order valence-corrected chi connectivity index (χ0v) is 28.4. The van der Waals surface area contributed by atoms with Crippen molar-refractivity contribution in [2.45, 2.75) is 41.5 Å². The standard InChI is InChI=1S/C42H35N7/c1-24-9-7-11-30(19-24)32-13-16-38-35(21-32)36-22-33(31-12-8-10-25(2)20-31)14-17-39(36)49(38)40-18-15-34(41-45-26(3)43-27(4)46-41)23-37(40)42-47-28(5)44-29(6)48-42/h7-23H,1-6H3. The summed E-state index contributed by atoms with van der Waals surface area (Å²) in [6.07, 6.45) is 0. The van der Waals surface area contributed by atoms with Gasteiger partial charge in [-0.1, -0.05) is 71.8 Å². The Morgan fingerprint density at radius 2 is 0.837 bits per heavy atom. The molecule has 238 valence electrons. The van der Waals surface area contributed by atoms with E-state index >= 15 is 0 Å². The summed E-state index contributed by atoms with van der Waals surface area (Å²) < 4.78 is 2.34. The fourth-order valence-corrected chi connectivity index (χ4v) is 6.82. The third-order valence-electron chi connectivity index (χ3n) is 8.92. The van der Waals surface area contributed by atoms with Gasteiger partial charge in [-0.05, 0) is 106 Å². The molecule has 0 saturated heterocycles. The van der Waals surface area contributed by atoms with E-state index in [9.17, 15) is 0 Å². The molecule has 0 bridgehead atoms. The minimum atomic E-state index is 0.604. The van der Waals surface area contributed by atoms with Crippen LogP contribution in [0.3, 0.4) is 0 Å². The Morgan fingerprint density at radius 1 is 0.388 bits per heavy atom. The first kappa shape index (κ1) is 30.3. The molecule has 0 amide bonds. The molecule has 0 aliphatic rings. The van der Waals surface area contributed by atoms with Crippen molar-refractivity contribution in [3.05, 3.63) is 138 Å². The number of rotatable bonds is 5. The molecule has 0 radical (unpaired) electrons. The van der Waals surface area contributed by atoms with Crippen LogP contribution in [0.4, 0.5) is 0 Å². The maximum atomic E-state index is 4.84. The lowest BCUT2D eigenvalue weighted by molar-refractivity contribution is 0.924. The SMILES string of the molecule is Cc1cccc(-c2ccc3c(c2)c2cc(-c4cccc(C)c4)ccc2n3-c2ccc(-c3nc(C)nc(C)n3)cc2-c2nc(C)nc(C)n2)c1. The summed E-state index contributed by atoms with van der Waals surface area (Å²) in [6, 6.07) is 37.2. The van der Waals surface area contributed by atoms with Crippen molar-refractivity contribution in [2.75, 3.05) is 0 Å². The molecule has 0 aliphatic carbocycles. The van der Waals surface area contributed by atoms with E-state index in [1.807, 2.05) is 27.7 Å². The van der Waals surface area contributed by atoms with Gasteiger partial charge in [-0.3, -0.25) is 0 Å². The molecule has 0 fully saturated rings. The number of nitrogens with zero attached hydrogens (tertiary/aromatic N) is 7. The van der Waals surface area contributed by atoms with Crippen molar-refractivity contribution >= 4 is 21.8 Å². The molecular weight excluding hydrogens is 603 g/mol. The van der Waals surface area contributed by atoms with E-state index in [1.54, 1.807) is 0 Å². The first-order valence-electron chi connectivity index (χ1n) is 16.5. The van der Waals surface area contributed by atoms with Gasteiger partial charge in [-0.25, -0.2) is 29.9 Å². The Kier molecular flexibility index (Phi) is 7.33. The fourth-order valence-electron chi connectivity index (χ4n) is 6.82. The highest BCUT2D eigenvalue weighted by atomic mass is 15.0. The van der Waals surface area contributed by atoms with E-state index in [2.05, 4.69) is 141 Å². The van der Waals surface area contributed by atoms with Crippen LogP contribution >= 0.6 is 0 Å². The van der Waals surface area contributed by atoms with Crippen molar-refractivity contribution in [1.82, 2.24) is 34.5 Å². The largest absolute Gasteiger partial charge is 0.308 e. The van der Waals surface area contributed by atoms with E-state index in [-0.39, 0.29) is 0 Å². The Bertz CT molecular complexity index is 2440. The predicted octanol–water partition coefficient (Wildman–Crippen LogP) is 9.67. The summed E-state index contributed by atoms with van der Waals surface area (Å²) in [5.41, 5.74) is 12.1. The second kappa shape index (κ2) is 11.9. The number of benzene rings is 5. The Balaban J connectivity index is 1.44. The monoisotopic (exact) mass is 637 g/mol. The van der Waals surface area contributed by atoms with Crippen LogP contribution in [0.1, 0.15) is 34.4 Å². The maximum absolute atomic E-state index is 4.84. The zero-order chi connectivity index (χ0) is 33.8. The minimum absolute atomic E-state index is 0.604. The number of fused-ring (bicyclic) bond motifs is 3. The lowest BCUT2D eigenvalue weighted by atomic mass is 9.99. The molecule has 0 saturated carbocycles. The number of aryl methyl sites for hydroxylation is 6. The van der Waals surface area contributed by atoms with Gasteiger partial charge in [-0.15, -0.1) is 0 Å². The molecule has 8 rings (SSSR count). The van der Waals surface area contributed by atoms with E-state index in [4.69, 9.17) is 9.97 Å². The molecule has 8 aromatic rings. The number of aromatic nitrogens is 7. The molecule has 0 atom stereocenters. The number of hydrogen-bond donors (Lipinski definition) is 0. The molecule has 0 unspecified atom stereocenters. The van der Waals surface area contributed by atoms with Crippen molar-refractivity contribution in [2.24, 2.45) is 0 Å². The summed E-state index contributed by atoms with van der Waals surface area (Å²) in [5, 5.41) is 2.34. The maximum Gasteiger partial charge on any atom is 0.165 e. The molecule has 5 aromatic carbocycles. The molecule has 0 spiro atoms. The first-order valence-corrected chi connectivity index (χ1v) is 16.5. The Morgan fingerprint density at radius 3 is 1.33 bits per heavy atom. The van der Waals surface area contributed by atoms with Gasteiger partial charge in [-0.2, -0.15) is 0 Å². The highest BCUT2D eigenvalue weighted by molar-refractivity contribution is 6.12. The summed E-state index contributed by atoms with van der Waals surface area (Å²) in [7, 11) is 0. The van der Waals surface area contributed by atoms with Gasteiger partial charge in [0.2, 0.25) is 0 Å². The summed E-state index contributed by atoms with van der Waals surface area (Å²) in [5.74, 6) is 3.91. The molecule has 3 heterocycles. The van der Waals surface area contributed by atoms with Gasteiger partial charge in [0.1, 0.15) is 23.3 Å². The average Bonchev–Trinajstić information content (AvgIpc) is 3.40. The summed E-state index contributed by atoms with van der Waals surface area (Å²) in [6.45, 7) is 11.9. The zero-order valence-electron chi connectivity index (χ0n) is 28.4. The lowest BCUT2D eigenvalue weighted by Gasteiger charge is -2.15. The second-order valence-corrected chi connectivity index (χ2v) is 12.8. The number of hydrogen-bond acceptors (Lipinski definition) is 6. The minimum Gasteiger partial charge on any atom is -0.308 e. The van der Waals surface area contributed by atoms with Gasteiger partial charge in [0.05, 0.1) is 16.7 Å². The molecular formula is C42H35N7. The molecule has 7 nitrogen and oxygen atoms in total. The molecule has 7 heteroatoms. The van der Waals surface area contributed by atoms with E-state index in [1.165, 1.54) is 44.2 Å². The highest BCUT2D eigenvalue weighted by Gasteiger charge is 2.20.